The van der Waals surface area contributed by atoms with E-state index < -0.39 is 0 Å². The molecule has 0 saturated heterocycles. The maximum Gasteiger partial charge on any atom is 0.0882 e. The first-order valence-corrected chi connectivity index (χ1v) is 2.42. The summed E-state index contributed by atoms with van der Waals surface area (Å²) in [6.45, 7) is 0. The molecule has 0 heterocycles. The second-order valence-electron chi connectivity index (χ2n) is 0.760. The third-order valence-corrected chi connectivity index (χ3v) is 0.723. The molecule has 0 amide bonds. The minimum absolute atomic E-state index is 0.400. The van der Waals surface area contributed by atoms with Gasteiger partial charge < -0.3 is 0 Å². The van der Waals surface area contributed by atoms with Crippen LogP contribution in [0.25, 0.3) is 0 Å². The van der Waals surface area contributed by atoms with E-state index in [0.29, 0.717) is 5.11 Å². The van der Waals surface area contributed by atoms with Gasteiger partial charge in [0.15, 0.2) is 0 Å². The quantitative estimate of drug-likeness (QED) is 0.246. The van der Waals surface area contributed by atoms with Gasteiger partial charge in [-0.05, 0) is 7.05 Å². The van der Waals surface area contributed by atoms with E-state index in [0.717, 1.165) is 11.5 Å². The van der Waals surface area contributed by atoms with Crippen molar-refractivity contribution >= 4 is 16.6 Å². The molecule has 3 nitrogen and oxygen atoms in total. The first kappa shape index (κ1) is 6.10. The molecule has 0 aromatic carbocycles. The van der Waals surface area contributed by atoms with Crippen molar-refractivity contribution in [1.29, 1.82) is 0 Å². The lowest BCUT2D eigenvalue weighted by Crippen LogP contribution is -2.22. The summed E-state index contributed by atoms with van der Waals surface area (Å²) < 4.78 is 2.75. The van der Waals surface area contributed by atoms with Crippen molar-refractivity contribution in [3.8, 4) is 0 Å². The smallest absolute Gasteiger partial charge is 0.0882 e. The van der Waals surface area contributed by atoms with Crippen molar-refractivity contribution < 1.29 is 0 Å². The van der Waals surface area contributed by atoms with Crippen LogP contribution in [0.5, 0.6) is 0 Å². The molecule has 0 atom stereocenters. The highest BCUT2D eigenvalue weighted by Gasteiger charge is 1.64. The summed E-state index contributed by atoms with van der Waals surface area (Å²) in [7, 11) is 1.78. The third kappa shape index (κ3) is 4.10. The fourth-order valence-electron chi connectivity index (χ4n) is 0.129. The van der Waals surface area contributed by atoms with Crippen molar-refractivity contribution in [1.82, 2.24) is 4.72 Å². The molecule has 0 aliphatic rings. The highest BCUT2D eigenvalue weighted by molar-refractivity contribution is 7.96. The maximum atomic E-state index is 5.02. The highest BCUT2D eigenvalue weighted by atomic mass is 32.1. The van der Waals surface area contributed by atoms with Crippen LogP contribution in [0.3, 0.4) is 0 Å². The molecular formula is C2H9N3S. The van der Waals surface area contributed by atoms with Crippen LogP contribution >= 0.6 is 11.5 Å². The van der Waals surface area contributed by atoms with Crippen LogP contribution in [0.1, 0.15) is 0 Å². The summed E-state index contributed by atoms with van der Waals surface area (Å²) in [6.07, 6.45) is 0. The summed E-state index contributed by atoms with van der Waals surface area (Å²) in [6, 6.07) is 0. The molecule has 0 rings (SSSR count). The zero-order chi connectivity index (χ0) is 4.99. The lowest BCUT2D eigenvalue weighted by molar-refractivity contribution is 1.31. The Morgan fingerprint density at radius 2 is 2.17 bits per heavy atom. The minimum atomic E-state index is 0.400. The molecule has 5 N–H and O–H groups in total. The van der Waals surface area contributed by atoms with Gasteiger partial charge in [-0.2, -0.15) is 0 Å². The zero-order valence-corrected chi connectivity index (χ0v) is 4.50. The fourth-order valence-corrected chi connectivity index (χ4v) is 0.387. The van der Waals surface area contributed by atoms with E-state index in [9.17, 15) is 0 Å². The van der Waals surface area contributed by atoms with Gasteiger partial charge in [-0.25, -0.2) is 0 Å². The first-order valence-electron chi connectivity index (χ1n) is 1.52. The lowest BCUT2D eigenvalue weighted by Gasteiger charge is -1.85. The van der Waals surface area contributed by atoms with E-state index in [1.165, 1.54) is 0 Å². The van der Waals surface area contributed by atoms with Crippen LogP contribution in [-0.4, -0.2) is 12.2 Å². The number of rotatable bonds is 1. The summed E-state index contributed by atoms with van der Waals surface area (Å²) in [5, 5.41) is 0.400. The van der Waals surface area contributed by atoms with E-state index in [1.807, 2.05) is 0 Å². The van der Waals surface area contributed by atoms with Crippen molar-refractivity contribution in [3.05, 3.63) is 0 Å². The second-order valence-corrected chi connectivity index (χ2v) is 1.95. The second kappa shape index (κ2) is 3.30. The zero-order valence-electron chi connectivity index (χ0n) is 3.60. The molecule has 0 aromatic heterocycles. The number of hydrogen-bond donors (Lipinski definition) is 4. The minimum Gasteiger partial charge on any atom is -0.288 e. The third-order valence-electron chi connectivity index (χ3n) is 0.241. The first-order chi connectivity index (χ1) is 2.77. The molecule has 0 spiro atoms. The molecule has 6 heavy (non-hydrogen) atoms. The van der Waals surface area contributed by atoms with Crippen molar-refractivity contribution in [2.24, 2.45) is 11.5 Å². The van der Waals surface area contributed by atoms with Crippen LogP contribution in [0.2, 0.25) is 0 Å². The highest BCUT2D eigenvalue weighted by Crippen LogP contribution is 1.64. The van der Waals surface area contributed by atoms with E-state index in [-0.39, 0.29) is 0 Å². The van der Waals surface area contributed by atoms with Gasteiger partial charge in [-0.3, -0.25) is 16.2 Å². The summed E-state index contributed by atoms with van der Waals surface area (Å²) >= 11 is 0.801. The van der Waals surface area contributed by atoms with Crippen molar-refractivity contribution in [2.75, 3.05) is 7.05 Å². The predicted octanol–water partition coefficient (Wildman–Crippen LogP) is -1.41. The van der Waals surface area contributed by atoms with Crippen molar-refractivity contribution in [3.63, 3.8) is 0 Å². The standard InChI is InChI=1S/C2H9N3S/c1-5-6-2(3)4/h5-6H,3-4H2,1H3. The van der Waals surface area contributed by atoms with E-state index in [1.54, 1.807) is 7.05 Å². The predicted molar refractivity (Wildman–Crippen MR) is 31.4 cm³/mol. The summed E-state index contributed by atoms with van der Waals surface area (Å²) in [4.78, 5) is 0. The molecule has 0 fully saturated rings. The van der Waals surface area contributed by atoms with Crippen LogP contribution in [0.4, 0.5) is 0 Å². The number of nitrogens with one attached hydrogen (secondary N) is 1. The van der Waals surface area contributed by atoms with Crippen molar-refractivity contribution in [2.45, 2.75) is 0 Å². The molecule has 0 unspecified atom stereocenters. The van der Waals surface area contributed by atoms with Gasteiger partial charge >= 0.3 is 0 Å². The van der Waals surface area contributed by atoms with Gasteiger partial charge in [0.05, 0.1) is 5.11 Å². The Morgan fingerprint density at radius 1 is 1.67 bits per heavy atom. The van der Waals surface area contributed by atoms with Crippen LogP contribution in [0.15, 0.2) is 0 Å². The SMILES string of the molecule is CN[SH]=C(N)N. The maximum absolute atomic E-state index is 5.02. The Balaban J connectivity index is 3.14. The van der Waals surface area contributed by atoms with Gasteiger partial charge in [0, 0.05) is 0 Å². The van der Waals surface area contributed by atoms with Gasteiger partial charge in [0.1, 0.15) is 0 Å². The number of nitrogens with two attached hydrogens (primary N) is 2. The lowest BCUT2D eigenvalue weighted by atomic mass is 11.3. The van der Waals surface area contributed by atoms with Gasteiger partial charge in [-0.15, -0.1) is 11.5 Å². The molecule has 0 aromatic rings. The average Bonchev–Trinajstić information content (AvgIpc) is 1.35. The molecule has 4 heteroatoms. The number of hydrogen-bond acceptors (Lipinski definition) is 1. The van der Waals surface area contributed by atoms with Crippen LogP contribution < -0.4 is 16.2 Å². The normalized spacial score (nSPS) is 8.50. The molecule has 38 valence electrons. The van der Waals surface area contributed by atoms with E-state index >= 15 is 0 Å². The Bertz CT molecular complexity index is 55.8. The Hall–Kier alpha value is 0.100. The number of thiol groups is 1. The molecule has 0 aliphatic heterocycles. The molecule has 0 radical (unpaired) electrons. The van der Waals surface area contributed by atoms with Gasteiger partial charge in [0.25, 0.3) is 0 Å². The average molecular weight is 107 g/mol. The van der Waals surface area contributed by atoms with Crippen LogP contribution in [0, 0.1) is 0 Å². The van der Waals surface area contributed by atoms with Crippen LogP contribution in [-0.2, 0) is 0 Å². The Kier molecular flexibility index (Phi) is 3.35. The molecule has 0 aliphatic carbocycles. The largest absolute Gasteiger partial charge is 0.288 e. The molecule has 0 bridgehead atoms. The van der Waals surface area contributed by atoms with Gasteiger partial charge in [-0.1, -0.05) is 0 Å². The fraction of sp³-hybridized carbons (Fsp3) is 0.500. The monoisotopic (exact) mass is 107 g/mol. The Morgan fingerprint density at radius 3 is 2.17 bits per heavy atom. The van der Waals surface area contributed by atoms with E-state index in [4.69, 9.17) is 11.5 Å². The van der Waals surface area contributed by atoms with E-state index in [2.05, 4.69) is 4.72 Å². The van der Waals surface area contributed by atoms with Gasteiger partial charge in [0.2, 0.25) is 0 Å². The Labute approximate surface area is 40.8 Å². The summed E-state index contributed by atoms with van der Waals surface area (Å²) in [5.41, 5.74) is 10.0. The topological polar surface area (TPSA) is 64.1 Å². The molecular weight excluding hydrogens is 98.1 g/mol. The summed E-state index contributed by atoms with van der Waals surface area (Å²) in [5.74, 6) is 0. The molecule has 0 saturated carbocycles.